The average Bonchev–Trinajstić information content (AvgIpc) is 2.78. The van der Waals surface area contributed by atoms with Crippen LogP contribution in [0.4, 0.5) is 5.82 Å². The molecular formula is C10H16N3O7P. The van der Waals surface area contributed by atoms with Crippen LogP contribution in [-0.2, 0) is 13.8 Å². The first-order valence-electron chi connectivity index (χ1n) is 6.11. The summed E-state index contributed by atoms with van der Waals surface area (Å²) in [5, 5.41) is 9.29. The standard InChI is InChI=1S/C10H16N3O7P/c11-8-1-2-13(10(15)12-8)9-3-6(4-14)7(20-9)5-19-21(16,17)18/h1-2,6-7,9,14H,3-5H2,(H2,11,12,15)(H2,16,17,18)/t6?,7-,9-/m1/s1. The number of phosphoric acid groups is 1. The molecule has 0 spiro atoms. The van der Waals surface area contributed by atoms with Crippen molar-refractivity contribution in [2.45, 2.75) is 18.8 Å². The topological polar surface area (TPSA) is 157 Å². The van der Waals surface area contributed by atoms with Crippen molar-refractivity contribution in [3.05, 3.63) is 22.7 Å². The number of nitrogen functional groups attached to an aromatic ring is 1. The highest BCUT2D eigenvalue weighted by Gasteiger charge is 2.37. The summed E-state index contributed by atoms with van der Waals surface area (Å²) in [6, 6.07) is 1.43. The van der Waals surface area contributed by atoms with Gasteiger partial charge in [-0.2, -0.15) is 4.98 Å². The lowest BCUT2D eigenvalue weighted by Crippen LogP contribution is -2.28. The van der Waals surface area contributed by atoms with E-state index in [0.29, 0.717) is 0 Å². The van der Waals surface area contributed by atoms with E-state index in [1.165, 1.54) is 16.8 Å². The van der Waals surface area contributed by atoms with E-state index in [4.69, 9.17) is 20.3 Å². The van der Waals surface area contributed by atoms with Gasteiger partial charge >= 0.3 is 13.5 Å². The second-order valence-corrected chi connectivity index (χ2v) is 5.88. The molecule has 2 rings (SSSR count). The number of phosphoric ester groups is 1. The molecule has 1 aliphatic heterocycles. The third-order valence-corrected chi connectivity index (χ3v) is 3.65. The maximum absolute atomic E-state index is 11.7. The Kier molecular flexibility index (Phi) is 4.77. The van der Waals surface area contributed by atoms with Crippen molar-refractivity contribution in [1.82, 2.24) is 9.55 Å². The van der Waals surface area contributed by atoms with Crippen LogP contribution in [0.5, 0.6) is 0 Å². The number of nitrogens with two attached hydrogens (primary N) is 1. The molecule has 2 heterocycles. The first-order valence-corrected chi connectivity index (χ1v) is 7.64. The average molecular weight is 321 g/mol. The van der Waals surface area contributed by atoms with Crippen LogP contribution in [0.15, 0.2) is 17.1 Å². The van der Waals surface area contributed by atoms with Crippen molar-refractivity contribution in [1.29, 1.82) is 0 Å². The van der Waals surface area contributed by atoms with Crippen LogP contribution in [0.2, 0.25) is 0 Å². The summed E-state index contributed by atoms with van der Waals surface area (Å²) in [5.41, 5.74) is 4.79. The highest BCUT2D eigenvalue weighted by molar-refractivity contribution is 7.46. The van der Waals surface area contributed by atoms with Crippen LogP contribution in [0, 0.1) is 5.92 Å². The molecule has 0 saturated carbocycles. The number of aliphatic hydroxyl groups is 1. The number of hydrogen-bond donors (Lipinski definition) is 4. The van der Waals surface area contributed by atoms with Crippen LogP contribution < -0.4 is 11.4 Å². The Morgan fingerprint density at radius 3 is 2.86 bits per heavy atom. The smallest absolute Gasteiger partial charge is 0.396 e. The van der Waals surface area contributed by atoms with Gasteiger partial charge in [0.2, 0.25) is 0 Å². The molecule has 0 bridgehead atoms. The van der Waals surface area contributed by atoms with Crippen LogP contribution in [0.1, 0.15) is 12.6 Å². The summed E-state index contributed by atoms with van der Waals surface area (Å²) in [6.07, 6.45) is 0.262. The van der Waals surface area contributed by atoms with Gasteiger partial charge in [0.25, 0.3) is 0 Å². The largest absolute Gasteiger partial charge is 0.469 e. The van der Waals surface area contributed by atoms with Crippen LogP contribution >= 0.6 is 7.82 Å². The van der Waals surface area contributed by atoms with Crippen molar-refractivity contribution < 1.29 is 28.7 Å². The fraction of sp³-hybridized carbons (Fsp3) is 0.600. The molecule has 1 aromatic rings. The van der Waals surface area contributed by atoms with E-state index in [1.54, 1.807) is 0 Å². The van der Waals surface area contributed by atoms with Crippen molar-refractivity contribution in [2.24, 2.45) is 5.92 Å². The minimum atomic E-state index is -4.62. The Hall–Kier alpha value is -1.29. The zero-order chi connectivity index (χ0) is 15.6. The Bertz CT molecular complexity index is 601. The molecule has 1 saturated heterocycles. The molecule has 21 heavy (non-hydrogen) atoms. The number of rotatable bonds is 5. The number of hydrogen-bond acceptors (Lipinski definition) is 7. The Labute approximate surface area is 119 Å². The normalized spacial score (nSPS) is 26.1. The first-order chi connectivity index (χ1) is 9.80. The van der Waals surface area contributed by atoms with Gasteiger partial charge in [-0.25, -0.2) is 9.36 Å². The summed E-state index contributed by atoms with van der Waals surface area (Å²) < 4.78 is 21.8. The Morgan fingerprint density at radius 2 is 2.29 bits per heavy atom. The maximum Gasteiger partial charge on any atom is 0.469 e. The van der Waals surface area contributed by atoms with Gasteiger partial charge in [-0.15, -0.1) is 0 Å². The molecule has 0 radical (unpaired) electrons. The van der Waals surface area contributed by atoms with Gasteiger partial charge in [-0.3, -0.25) is 9.09 Å². The predicted molar refractivity (Wildman–Crippen MR) is 70.0 cm³/mol. The van der Waals surface area contributed by atoms with E-state index < -0.39 is 31.8 Å². The minimum Gasteiger partial charge on any atom is -0.396 e. The van der Waals surface area contributed by atoms with Crippen molar-refractivity contribution in [2.75, 3.05) is 18.9 Å². The molecule has 0 aliphatic carbocycles. The van der Waals surface area contributed by atoms with Crippen molar-refractivity contribution in [3.63, 3.8) is 0 Å². The number of nitrogens with zero attached hydrogens (tertiary/aromatic N) is 2. The summed E-state index contributed by atoms with van der Waals surface area (Å²) in [5.74, 6) is -0.333. The summed E-state index contributed by atoms with van der Waals surface area (Å²) in [7, 11) is -4.62. The molecule has 1 fully saturated rings. The number of ether oxygens (including phenoxy) is 1. The van der Waals surface area contributed by atoms with E-state index in [9.17, 15) is 14.5 Å². The molecule has 11 heteroatoms. The molecule has 5 N–H and O–H groups in total. The van der Waals surface area contributed by atoms with E-state index in [1.807, 2.05) is 0 Å². The van der Waals surface area contributed by atoms with Gasteiger partial charge in [-0.05, 0) is 6.07 Å². The number of aliphatic hydroxyl groups excluding tert-OH is 1. The van der Waals surface area contributed by atoms with E-state index in [0.717, 1.165) is 0 Å². The predicted octanol–water partition coefficient (Wildman–Crippen LogP) is -1.17. The summed E-state index contributed by atoms with van der Waals surface area (Å²) in [4.78, 5) is 32.7. The van der Waals surface area contributed by atoms with Gasteiger partial charge in [0.05, 0.1) is 12.7 Å². The summed E-state index contributed by atoms with van der Waals surface area (Å²) in [6.45, 7) is -0.647. The molecule has 1 aliphatic rings. The fourth-order valence-corrected chi connectivity index (χ4v) is 2.48. The van der Waals surface area contributed by atoms with E-state index in [2.05, 4.69) is 9.51 Å². The molecule has 0 aromatic carbocycles. The molecule has 118 valence electrons. The second kappa shape index (κ2) is 6.22. The zero-order valence-electron chi connectivity index (χ0n) is 10.9. The maximum atomic E-state index is 11.7. The van der Waals surface area contributed by atoms with Crippen molar-refractivity contribution in [3.8, 4) is 0 Å². The number of anilines is 1. The lowest BCUT2D eigenvalue weighted by molar-refractivity contribution is -0.0360. The van der Waals surface area contributed by atoms with Crippen LogP contribution in [0.25, 0.3) is 0 Å². The molecular weight excluding hydrogens is 305 g/mol. The van der Waals surface area contributed by atoms with Gasteiger partial charge in [0.1, 0.15) is 12.0 Å². The minimum absolute atomic E-state index is 0.0781. The van der Waals surface area contributed by atoms with Crippen LogP contribution in [-0.4, -0.2) is 43.8 Å². The van der Waals surface area contributed by atoms with Gasteiger partial charge < -0.3 is 25.4 Å². The first kappa shape index (κ1) is 16.1. The fourth-order valence-electron chi connectivity index (χ4n) is 2.14. The molecule has 1 unspecified atom stereocenters. The van der Waals surface area contributed by atoms with Crippen LogP contribution in [0.3, 0.4) is 0 Å². The van der Waals surface area contributed by atoms with E-state index in [-0.39, 0.29) is 25.5 Å². The third-order valence-electron chi connectivity index (χ3n) is 3.17. The second-order valence-electron chi connectivity index (χ2n) is 4.64. The molecule has 0 amide bonds. The van der Waals surface area contributed by atoms with Gasteiger partial charge in [0.15, 0.2) is 0 Å². The van der Waals surface area contributed by atoms with Crippen molar-refractivity contribution >= 4 is 13.6 Å². The SMILES string of the molecule is Nc1ccn([C@H]2CC(CO)[C@@H](COP(=O)(O)O)O2)c(=O)n1. The quantitative estimate of drug-likeness (QED) is 0.490. The molecule has 3 atom stereocenters. The lowest BCUT2D eigenvalue weighted by Gasteiger charge is -2.17. The third kappa shape index (κ3) is 4.10. The highest BCUT2D eigenvalue weighted by atomic mass is 31.2. The van der Waals surface area contributed by atoms with Gasteiger partial charge in [0, 0.05) is 25.1 Å². The molecule has 1 aromatic heterocycles. The monoisotopic (exact) mass is 321 g/mol. The molecule has 10 nitrogen and oxygen atoms in total. The van der Waals surface area contributed by atoms with E-state index >= 15 is 0 Å². The number of aromatic nitrogens is 2. The van der Waals surface area contributed by atoms with Gasteiger partial charge in [-0.1, -0.05) is 0 Å². The lowest BCUT2D eigenvalue weighted by atomic mass is 10.0. The Balaban J connectivity index is 2.11. The Morgan fingerprint density at radius 1 is 1.57 bits per heavy atom. The zero-order valence-corrected chi connectivity index (χ0v) is 11.8. The summed E-state index contributed by atoms with van der Waals surface area (Å²) >= 11 is 0. The highest BCUT2D eigenvalue weighted by Crippen LogP contribution is 2.39.